The summed E-state index contributed by atoms with van der Waals surface area (Å²) in [5.74, 6) is 0.321. The average Bonchev–Trinajstić information content (AvgIpc) is 3.05. The van der Waals surface area contributed by atoms with Crippen molar-refractivity contribution >= 4 is 20.7 Å². The second-order valence-electron chi connectivity index (χ2n) is 5.11. The Hall–Kier alpha value is -2.46. The van der Waals surface area contributed by atoms with E-state index in [2.05, 4.69) is 42.1 Å². The van der Waals surface area contributed by atoms with E-state index in [-0.39, 0.29) is 5.76 Å². The molecule has 0 radical (unpaired) electrons. The van der Waals surface area contributed by atoms with Gasteiger partial charge in [-0.15, -0.1) is 5.10 Å². The van der Waals surface area contributed by atoms with Gasteiger partial charge in [0.25, 0.3) is 0 Å². The normalized spacial score (nSPS) is 11.8. The van der Waals surface area contributed by atoms with E-state index >= 15 is 0 Å². The number of benzene rings is 1. The summed E-state index contributed by atoms with van der Waals surface area (Å²) in [5.41, 5.74) is 4.11. The van der Waals surface area contributed by atoms with Crippen LogP contribution in [0.5, 0.6) is 0 Å². The van der Waals surface area contributed by atoms with E-state index in [0.717, 1.165) is 11.0 Å². The van der Waals surface area contributed by atoms with Crippen LogP contribution in [0, 0.1) is 13.8 Å². The van der Waals surface area contributed by atoms with Crippen molar-refractivity contribution in [3.8, 4) is 11.4 Å². The molecule has 3 rings (SSSR count). The Kier molecular flexibility index (Phi) is 3.77. The third kappa shape index (κ3) is 2.92. The minimum absolute atomic E-state index is 0.351. The summed E-state index contributed by atoms with van der Waals surface area (Å²) < 4.78 is 7.97. The highest BCUT2D eigenvalue weighted by Crippen LogP contribution is 2.18. The first kappa shape index (κ1) is 14.5. The molecule has 3 aromatic rings. The Bertz CT molecular complexity index is 884. The van der Waals surface area contributed by atoms with Gasteiger partial charge < -0.3 is 4.20 Å². The van der Waals surface area contributed by atoms with Gasteiger partial charge in [0.15, 0.2) is 14.3 Å². The predicted octanol–water partition coefficient (Wildman–Crippen LogP) is 3.06. The van der Waals surface area contributed by atoms with E-state index in [0.29, 0.717) is 14.3 Å². The van der Waals surface area contributed by atoms with Crippen LogP contribution < -0.4 is 5.76 Å². The summed E-state index contributed by atoms with van der Waals surface area (Å²) in [4.78, 5) is 15.6. The molecule has 0 aliphatic heterocycles. The number of aromatic nitrogens is 4. The second-order valence-corrected chi connectivity index (χ2v) is 5.93. The minimum atomic E-state index is -0.351. The van der Waals surface area contributed by atoms with Crippen LogP contribution in [0.1, 0.15) is 16.6 Å². The molecule has 0 fully saturated rings. The molecule has 6 nitrogen and oxygen atoms in total. The van der Waals surface area contributed by atoms with Crippen LogP contribution in [0.2, 0.25) is 0 Å². The van der Waals surface area contributed by atoms with Gasteiger partial charge in [0, 0.05) is 18.8 Å². The molecular weight excluding hydrogens is 299 g/mol. The molecule has 0 saturated heterocycles. The first-order valence-corrected chi connectivity index (χ1v) is 7.55. The maximum absolute atomic E-state index is 11.3. The van der Waals surface area contributed by atoms with Crippen LogP contribution in [0.4, 0.5) is 0 Å². The molecular formula is C15H15N4O2P. The third-order valence-electron chi connectivity index (χ3n) is 3.20. The van der Waals surface area contributed by atoms with Crippen molar-refractivity contribution in [2.45, 2.75) is 13.8 Å². The number of hydrogen-bond acceptors (Lipinski definition) is 4. The molecule has 2 aromatic heterocycles. The second kappa shape index (κ2) is 5.73. The Morgan fingerprint density at radius 1 is 1.23 bits per heavy atom. The molecule has 1 aromatic carbocycles. The van der Waals surface area contributed by atoms with Gasteiger partial charge in [-0.25, -0.2) is 14.5 Å². The lowest BCUT2D eigenvalue weighted by Gasteiger charge is -2.00. The van der Waals surface area contributed by atoms with Gasteiger partial charge in [-0.3, -0.25) is 4.57 Å². The maximum atomic E-state index is 11.3. The van der Waals surface area contributed by atoms with Crippen LogP contribution in [0.25, 0.3) is 23.7 Å². The van der Waals surface area contributed by atoms with E-state index in [1.807, 2.05) is 0 Å². The lowest BCUT2D eigenvalue weighted by Crippen LogP contribution is -2.10. The summed E-state index contributed by atoms with van der Waals surface area (Å²) in [6, 6.07) is 6.23. The lowest BCUT2D eigenvalue weighted by molar-refractivity contribution is 0.575. The van der Waals surface area contributed by atoms with Crippen LogP contribution in [0.3, 0.4) is 0 Å². The van der Waals surface area contributed by atoms with Crippen molar-refractivity contribution in [3.63, 3.8) is 0 Å². The molecule has 0 atom stereocenters. The van der Waals surface area contributed by atoms with Crippen LogP contribution >= 0.6 is 8.43 Å². The quantitative estimate of drug-likeness (QED) is 0.745. The van der Waals surface area contributed by atoms with Gasteiger partial charge in [-0.05, 0) is 32.1 Å². The largest absolute Gasteiger partial charge is 0.422 e. The summed E-state index contributed by atoms with van der Waals surface area (Å²) in [7, 11) is 2.20. The summed E-state index contributed by atoms with van der Waals surface area (Å²) in [6.45, 7) is 4.10. The molecule has 0 bridgehead atoms. The highest BCUT2D eigenvalue weighted by molar-refractivity contribution is 7.24. The molecule has 0 unspecified atom stereocenters. The molecule has 0 amide bonds. The Labute approximate surface area is 128 Å². The first-order chi connectivity index (χ1) is 10.5. The van der Waals surface area contributed by atoms with E-state index in [1.165, 1.54) is 15.7 Å². The highest BCUT2D eigenvalue weighted by atomic mass is 31.1. The third-order valence-corrected chi connectivity index (χ3v) is 4.08. The fourth-order valence-corrected chi connectivity index (χ4v) is 2.80. The van der Waals surface area contributed by atoms with Crippen LogP contribution in [-0.4, -0.2) is 19.3 Å². The molecule has 0 spiro atoms. The van der Waals surface area contributed by atoms with Crippen molar-refractivity contribution in [2.24, 2.45) is 7.05 Å². The number of aryl methyl sites for hydroxylation is 2. The van der Waals surface area contributed by atoms with Crippen molar-refractivity contribution in [3.05, 3.63) is 51.6 Å². The zero-order valence-corrected chi connectivity index (χ0v) is 13.4. The standard InChI is InChI=1S/C15H15N4O2P/c1-10-6-11(2)8-12(7-10)14-16-9-19(17-14)5-4-13-18(3)15(20)21-22-13/h4-9H,1-3H3/b5-4-. The maximum Gasteiger partial charge on any atom is 0.422 e. The predicted molar refractivity (Wildman–Crippen MR) is 86.6 cm³/mol. The van der Waals surface area contributed by atoms with Crippen LogP contribution in [-0.2, 0) is 7.05 Å². The molecule has 0 aliphatic carbocycles. The zero-order chi connectivity index (χ0) is 15.7. The fraction of sp³-hybridized carbons (Fsp3) is 0.200. The van der Waals surface area contributed by atoms with E-state index < -0.39 is 0 Å². The molecule has 0 saturated carbocycles. The van der Waals surface area contributed by atoms with Gasteiger partial charge in [0.05, 0.1) is 0 Å². The van der Waals surface area contributed by atoms with Crippen LogP contribution in [0.15, 0.2) is 33.5 Å². The van der Waals surface area contributed by atoms with E-state index in [4.69, 9.17) is 4.20 Å². The molecule has 112 valence electrons. The number of nitrogens with zero attached hydrogens (tertiary/aromatic N) is 4. The van der Waals surface area contributed by atoms with E-state index in [1.54, 1.807) is 30.3 Å². The fourth-order valence-electron chi connectivity index (χ4n) is 2.17. The molecule has 0 N–H and O–H groups in total. The van der Waals surface area contributed by atoms with Crippen molar-refractivity contribution in [2.75, 3.05) is 0 Å². The zero-order valence-electron chi connectivity index (χ0n) is 12.5. The van der Waals surface area contributed by atoms with Gasteiger partial charge >= 0.3 is 5.76 Å². The van der Waals surface area contributed by atoms with Crippen molar-refractivity contribution in [1.29, 1.82) is 0 Å². The number of hydrogen-bond donors (Lipinski definition) is 0. The van der Waals surface area contributed by atoms with Gasteiger partial charge in [0.1, 0.15) is 11.8 Å². The van der Waals surface area contributed by atoms with Crippen molar-refractivity contribution < 1.29 is 4.20 Å². The summed E-state index contributed by atoms with van der Waals surface area (Å²) in [5, 5.41) is 4.43. The Balaban J connectivity index is 1.87. The average molecular weight is 314 g/mol. The van der Waals surface area contributed by atoms with Crippen molar-refractivity contribution in [1.82, 2.24) is 19.3 Å². The first-order valence-electron chi connectivity index (χ1n) is 6.73. The van der Waals surface area contributed by atoms with E-state index in [9.17, 15) is 4.79 Å². The van der Waals surface area contributed by atoms with Gasteiger partial charge in [0.2, 0.25) is 0 Å². The monoisotopic (exact) mass is 314 g/mol. The summed E-state index contributed by atoms with van der Waals surface area (Å²) >= 11 is 0. The van der Waals surface area contributed by atoms with Gasteiger partial charge in [-0.2, -0.15) is 0 Å². The number of rotatable bonds is 3. The Morgan fingerprint density at radius 2 is 1.95 bits per heavy atom. The molecule has 22 heavy (non-hydrogen) atoms. The Morgan fingerprint density at radius 3 is 2.59 bits per heavy atom. The van der Waals surface area contributed by atoms with Gasteiger partial charge in [-0.1, -0.05) is 17.2 Å². The molecule has 7 heteroatoms. The molecule has 2 heterocycles. The highest BCUT2D eigenvalue weighted by Gasteiger charge is 2.05. The topological polar surface area (TPSA) is 65.8 Å². The molecule has 0 aliphatic rings. The summed E-state index contributed by atoms with van der Waals surface area (Å²) in [6.07, 6.45) is 5.17. The minimum Gasteiger partial charge on any atom is -0.389 e. The SMILES string of the molecule is Cc1cc(C)cc(-c2ncn(/C=C\c3poc(=O)n3C)n2)c1. The smallest absolute Gasteiger partial charge is 0.389 e. The lowest BCUT2D eigenvalue weighted by atomic mass is 10.1.